The lowest BCUT2D eigenvalue weighted by Gasteiger charge is -2.25. The Balaban J connectivity index is 1.62. The maximum absolute atomic E-state index is 11.7. The predicted octanol–water partition coefficient (Wildman–Crippen LogP) is 6.97. The van der Waals surface area contributed by atoms with E-state index in [1.807, 2.05) is 54.6 Å². The average Bonchev–Trinajstić information content (AvgIpc) is 3.55. The first kappa shape index (κ1) is 22.4. The van der Waals surface area contributed by atoms with Gasteiger partial charge in [0.25, 0.3) is 0 Å². The molecule has 172 valence electrons. The zero-order valence-electron chi connectivity index (χ0n) is 19.4. The van der Waals surface area contributed by atoms with Gasteiger partial charge in [0, 0.05) is 28.6 Å². The first-order valence-corrected chi connectivity index (χ1v) is 11.7. The minimum Gasteiger partial charge on any atom is -0.438 e. The number of primary amides is 1. The molecule has 1 saturated carbocycles. The normalized spacial score (nSPS) is 19.7. The van der Waals surface area contributed by atoms with Crippen molar-refractivity contribution in [3.05, 3.63) is 83.6 Å². The molecule has 2 aromatic heterocycles. The van der Waals surface area contributed by atoms with Crippen LogP contribution in [0.2, 0.25) is 5.15 Å². The third-order valence-electron chi connectivity index (χ3n) is 6.66. The summed E-state index contributed by atoms with van der Waals surface area (Å²) in [5.74, 6) is 0.201. The third-order valence-corrected chi connectivity index (χ3v) is 6.97. The Bertz CT molecular complexity index is 1380. The van der Waals surface area contributed by atoms with E-state index in [0.29, 0.717) is 5.15 Å². The van der Waals surface area contributed by atoms with Gasteiger partial charge in [-0.2, -0.15) is 0 Å². The third kappa shape index (κ3) is 3.90. The van der Waals surface area contributed by atoms with Crippen LogP contribution in [-0.4, -0.2) is 16.1 Å². The molecule has 1 aliphatic rings. The van der Waals surface area contributed by atoms with Crippen LogP contribution in [0.25, 0.3) is 33.3 Å². The quantitative estimate of drug-likeness (QED) is 0.326. The summed E-state index contributed by atoms with van der Waals surface area (Å²) in [7, 11) is 0. The Morgan fingerprint density at radius 3 is 2.38 bits per heavy atom. The molecule has 2 atom stereocenters. The summed E-state index contributed by atoms with van der Waals surface area (Å²) in [5, 5.41) is 1.24. The second kappa shape index (κ2) is 8.10. The first-order chi connectivity index (χ1) is 16.2. The highest BCUT2D eigenvalue weighted by molar-refractivity contribution is 6.34. The number of carbonyl (C=O) groups excluding carboxylic acids is 1. The van der Waals surface area contributed by atoms with Crippen molar-refractivity contribution in [3.63, 3.8) is 0 Å². The van der Waals surface area contributed by atoms with Crippen molar-refractivity contribution in [1.82, 2.24) is 9.97 Å². The first-order valence-electron chi connectivity index (χ1n) is 11.3. The highest BCUT2D eigenvalue weighted by Gasteiger charge is 2.63. The van der Waals surface area contributed by atoms with Gasteiger partial charge in [-0.15, -0.1) is 0 Å². The molecule has 2 N–H and O–H groups in total. The topological polar surface area (TPSA) is 78.1 Å². The minimum absolute atomic E-state index is 0.0121. The summed E-state index contributed by atoms with van der Waals surface area (Å²) in [5.41, 5.74) is 10.3. The average molecular weight is 472 g/mol. The maximum atomic E-state index is 11.7. The summed E-state index contributed by atoms with van der Waals surface area (Å²) in [6, 6.07) is 22.1. The zero-order chi connectivity index (χ0) is 24.1. The van der Waals surface area contributed by atoms with Crippen LogP contribution in [-0.2, 0) is 10.3 Å². The lowest BCUT2D eigenvalue weighted by molar-refractivity contribution is 0.0621. The van der Waals surface area contributed by atoms with Gasteiger partial charge in [-0.3, -0.25) is 0 Å². The van der Waals surface area contributed by atoms with Crippen molar-refractivity contribution in [2.75, 3.05) is 0 Å². The fourth-order valence-electron chi connectivity index (χ4n) is 4.95. The Kier molecular flexibility index (Phi) is 5.33. The Labute approximate surface area is 203 Å². The number of nitrogens with zero attached hydrogens (tertiary/aromatic N) is 2. The van der Waals surface area contributed by atoms with E-state index < -0.39 is 11.7 Å². The van der Waals surface area contributed by atoms with Gasteiger partial charge < -0.3 is 10.5 Å². The van der Waals surface area contributed by atoms with Crippen LogP contribution in [0.3, 0.4) is 0 Å². The van der Waals surface area contributed by atoms with Gasteiger partial charge >= 0.3 is 6.09 Å². The molecule has 2 heterocycles. The fourth-order valence-corrected chi connectivity index (χ4v) is 5.16. The van der Waals surface area contributed by atoms with Crippen LogP contribution in [0, 0.1) is 11.3 Å². The van der Waals surface area contributed by atoms with E-state index in [-0.39, 0.29) is 11.3 Å². The van der Waals surface area contributed by atoms with Crippen molar-refractivity contribution >= 4 is 28.6 Å². The molecule has 2 aromatic carbocycles. The molecule has 1 fully saturated rings. The number of hydrogen-bond donors (Lipinski definition) is 1. The van der Waals surface area contributed by atoms with Crippen LogP contribution in [0.5, 0.6) is 0 Å². The highest BCUT2D eigenvalue weighted by atomic mass is 35.5. The van der Waals surface area contributed by atoms with Crippen molar-refractivity contribution in [3.8, 4) is 22.4 Å². The molecule has 2 unspecified atom stereocenters. The summed E-state index contributed by atoms with van der Waals surface area (Å²) in [6.45, 7) is 6.47. The zero-order valence-corrected chi connectivity index (χ0v) is 20.1. The molecule has 34 heavy (non-hydrogen) atoms. The van der Waals surface area contributed by atoms with E-state index in [1.54, 1.807) is 6.20 Å². The molecular weight excluding hydrogens is 446 g/mol. The number of hydrogen-bond acceptors (Lipinski definition) is 4. The van der Waals surface area contributed by atoms with Crippen LogP contribution >= 0.6 is 11.6 Å². The predicted molar refractivity (Wildman–Crippen MR) is 135 cm³/mol. The van der Waals surface area contributed by atoms with Gasteiger partial charge in [-0.1, -0.05) is 87.0 Å². The standard InChI is InChI=1S/C28H26ClN3O2/c1-27(2,3)23-16-28(23,34-26(30)33)19-11-9-18(10-12-19)24-20(17-7-5-4-6-8-17)15-21-22(32-24)13-14-31-25(21)29/h4-15,23H,16H2,1-3H3,(H2,30,33). The lowest BCUT2D eigenvalue weighted by atomic mass is 9.86. The van der Waals surface area contributed by atoms with E-state index in [4.69, 9.17) is 27.1 Å². The highest BCUT2D eigenvalue weighted by Crippen LogP contribution is 2.62. The number of fused-ring (bicyclic) bond motifs is 1. The van der Waals surface area contributed by atoms with Gasteiger partial charge in [0.2, 0.25) is 0 Å². The maximum Gasteiger partial charge on any atom is 0.405 e. The van der Waals surface area contributed by atoms with E-state index in [9.17, 15) is 4.79 Å². The molecule has 5 rings (SSSR count). The van der Waals surface area contributed by atoms with Crippen LogP contribution in [0.1, 0.15) is 32.8 Å². The lowest BCUT2D eigenvalue weighted by Crippen LogP contribution is -2.27. The summed E-state index contributed by atoms with van der Waals surface area (Å²) < 4.78 is 5.69. The number of halogens is 1. The number of rotatable bonds is 4. The Morgan fingerprint density at radius 1 is 1.06 bits per heavy atom. The smallest absolute Gasteiger partial charge is 0.405 e. The molecular formula is C28H26ClN3O2. The van der Waals surface area contributed by atoms with Gasteiger partial charge in [-0.05, 0) is 35.1 Å². The van der Waals surface area contributed by atoms with Crippen molar-refractivity contribution in [2.24, 2.45) is 17.1 Å². The van der Waals surface area contributed by atoms with Crippen molar-refractivity contribution in [2.45, 2.75) is 32.8 Å². The Morgan fingerprint density at radius 2 is 1.76 bits per heavy atom. The molecule has 4 aromatic rings. The molecule has 5 nitrogen and oxygen atoms in total. The van der Waals surface area contributed by atoms with Gasteiger partial charge in [0.1, 0.15) is 10.8 Å². The number of pyridine rings is 2. The monoisotopic (exact) mass is 471 g/mol. The SMILES string of the molecule is CC(C)(C)C1CC1(OC(N)=O)c1ccc(-c2nc3ccnc(Cl)c3cc2-c2ccccc2)cc1. The fraction of sp³-hybridized carbons (Fsp3) is 0.250. The number of amides is 1. The summed E-state index contributed by atoms with van der Waals surface area (Å²) >= 11 is 6.38. The second-order valence-corrected chi connectivity index (χ2v) is 10.3. The molecule has 0 bridgehead atoms. The molecule has 0 saturated heterocycles. The molecule has 1 aliphatic carbocycles. The molecule has 0 aliphatic heterocycles. The van der Waals surface area contributed by atoms with E-state index >= 15 is 0 Å². The van der Waals surface area contributed by atoms with Crippen molar-refractivity contribution < 1.29 is 9.53 Å². The number of nitrogens with two attached hydrogens (primary N) is 1. The number of carbonyl (C=O) groups is 1. The van der Waals surface area contributed by atoms with E-state index in [0.717, 1.165) is 45.3 Å². The number of benzene rings is 2. The minimum atomic E-state index is -0.746. The van der Waals surface area contributed by atoms with Crippen LogP contribution < -0.4 is 5.73 Å². The van der Waals surface area contributed by atoms with Crippen LogP contribution in [0.4, 0.5) is 4.79 Å². The van der Waals surface area contributed by atoms with Gasteiger partial charge in [-0.25, -0.2) is 14.8 Å². The largest absolute Gasteiger partial charge is 0.438 e. The number of ether oxygens (including phenoxy) is 1. The second-order valence-electron chi connectivity index (χ2n) is 9.93. The molecule has 1 amide bonds. The molecule has 0 radical (unpaired) electrons. The van der Waals surface area contributed by atoms with Crippen LogP contribution in [0.15, 0.2) is 72.9 Å². The summed E-state index contributed by atoms with van der Waals surface area (Å²) in [6.07, 6.45) is 1.68. The van der Waals surface area contributed by atoms with E-state index in [1.165, 1.54) is 0 Å². The molecule has 0 spiro atoms. The molecule has 6 heteroatoms. The summed E-state index contributed by atoms with van der Waals surface area (Å²) in [4.78, 5) is 20.9. The Hall–Kier alpha value is -3.44. The number of aromatic nitrogens is 2. The van der Waals surface area contributed by atoms with Gasteiger partial charge in [0.15, 0.2) is 0 Å². The van der Waals surface area contributed by atoms with E-state index in [2.05, 4.69) is 37.9 Å². The van der Waals surface area contributed by atoms with Crippen molar-refractivity contribution in [1.29, 1.82) is 0 Å². The van der Waals surface area contributed by atoms with Gasteiger partial charge in [0.05, 0.1) is 11.2 Å².